The monoisotopic (exact) mass is 375 g/mol. The molecule has 8 heteroatoms. The molecule has 1 aliphatic heterocycles. The van der Waals surface area contributed by atoms with Crippen molar-refractivity contribution < 1.29 is 21.6 Å². The smallest absolute Gasteiger partial charge is 0.263 e. The Morgan fingerprint density at radius 2 is 1.83 bits per heavy atom. The molecule has 0 bridgehead atoms. The molecule has 24 heavy (non-hydrogen) atoms. The van der Waals surface area contributed by atoms with Crippen molar-refractivity contribution in [3.8, 4) is 0 Å². The molecular formula is C16H13ClF3NO2S. The summed E-state index contributed by atoms with van der Waals surface area (Å²) in [6, 6.07) is 8.83. The van der Waals surface area contributed by atoms with Gasteiger partial charge in [0.15, 0.2) is 0 Å². The van der Waals surface area contributed by atoms with Gasteiger partial charge in [0.25, 0.3) is 10.0 Å². The highest BCUT2D eigenvalue weighted by Crippen LogP contribution is 2.40. The van der Waals surface area contributed by atoms with Gasteiger partial charge in [-0.25, -0.2) is 8.42 Å². The third-order valence-corrected chi connectivity index (χ3v) is 6.35. The maximum atomic E-state index is 13.0. The van der Waals surface area contributed by atoms with Gasteiger partial charge in [0.1, 0.15) is 4.90 Å². The van der Waals surface area contributed by atoms with Crippen molar-refractivity contribution in [1.82, 2.24) is 0 Å². The van der Waals surface area contributed by atoms with Gasteiger partial charge in [-0.1, -0.05) is 29.8 Å². The highest BCUT2D eigenvalue weighted by molar-refractivity contribution is 7.93. The number of rotatable bonds is 2. The number of nitrogens with zero attached hydrogens (tertiary/aromatic N) is 1. The Hall–Kier alpha value is -1.73. The fourth-order valence-corrected chi connectivity index (χ4v) is 5.08. The quantitative estimate of drug-likeness (QED) is 0.775. The average Bonchev–Trinajstić information content (AvgIpc) is 2.82. The fourth-order valence-electron chi connectivity index (χ4n) is 2.89. The molecule has 0 aromatic heterocycles. The summed E-state index contributed by atoms with van der Waals surface area (Å²) in [6.07, 6.45) is -4.16. The molecule has 0 amide bonds. The molecule has 3 rings (SSSR count). The molecule has 0 aliphatic carbocycles. The van der Waals surface area contributed by atoms with Crippen molar-refractivity contribution in [2.75, 3.05) is 4.31 Å². The summed E-state index contributed by atoms with van der Waals surface area (Å²) in [5.41, 5.74) is 0.251. The van der Waals surface area contributed by atoms with Crippen LogP contribution in [0.4, 0.5) is 18.9 Å². The van der Waals surface area contributed by atoms with Crippen LogP contribution in [0.2, 0.25) is 5.02 Å². The minimum absolute atomic E-state index is 0.236. The van der Waals surface area contributed by atoms with Crippen LogP contribution in [-0.4, -0.2) is 14.5 Å². The maximum Gasteiger partial charge on any atom is 0.416 e. The zero-order chi connectivity index (χ0) is 17.7. The predicted octanol–water partition coefficient (Wildman–Crippen LogP) is 4.50. The molecule has 0 radical (unpaired) electrons. The van der Waals surface area contributed by atoms with Gasteiger partial charge in [0.2, 0.25) is 0 Å². The molecule has 1 heterocycles. The second-order valence-electron chi connectivity index (χ2n) is 5.63. The van der Waals surface area contributed by atoms with Crippen LogP contribution in [-0.2, 0) is 22.6 Å². The zero-order valence-corrected chi connectivity index (χ0v) is 14.1. The molecular weight excluding hydrogens is 363 g/mol. The lowest BCUT2D eigenvalue weighted by molar-refractivity contribution is -0.137. The summed E-state index contributed by atoms with van der Waals surface area (Å²) < 4.78 is 65.9. The normalized spacial score (nSPS) is 17.9. The van der Waals surface area contributed by atoms with E-state index in [0.29, 0.717) is 18.2 Å². The summed E-state index contributed by atoms with van der Waals surface area (Å²) in [7, 11) is -4.21. The Bertz CT molecular complexity index is 896. The Morgan fingerprint density at radius 3 is 2.50 bits per heavy atom. The number of para-hydroxylation sites is 1. The van der Waals surface area contributed by atoms with E-state index in [0.717, 1.165) is 22.0 Å². The van der Waals surface area contributed by atoms with E-state index >= 15 is 0 Å². The molecule has 0 unspecified atom stereocenters. The summed E-state index contributed by atoms with van der Waals surface area (Å²) in [4.78, 5) is -0.539. The van der Waals surface area contributed by atoms with Crippen LogP contribution in [0.5, 0.6) is 0 Å². The SMILES string of the molecule is C[C@@H]1Cc2ccccc2N1S(=O)(=O)c1cc(C(F)(F)F)ccc1Cl. The van der Waals surface area contributed by atoms with E-state index in [1.807, 2.05) is 0 Å². The third-order valence-electron chi connectivity index (χ3n) is 3.94. The molecule has 2 aromatic carbocycles. The van der Waals surface area contributed by atoms with Crippen LogP contribution in [0, 0.1) is 0 Å². The highest BCUT2D eigenvalue weighted by atomic mass is 35.5. The van der Waals surface area contributed by atoms with Gasteiger partial charge in [-0.2, -0.15) is 13.2 Å². The number of halogens is 4. The number of sulfonamides is 1. The molecule has 0 saturated heterocycles. The summed E-state index contributed by atoms with van der Waals surface area (Å²) in [5.74, 6) is 0. The van der Waals surface area contributed by atoms with Crippen LogP contribution in [0.3, 0.4) is 0 Å². The van der Waals surface area contributed by atoms with E-state index in [9.17, 15) is 21.6 Å². The van der Waals surface area contributed by atoms with Gasteiger partial charge < -0.3 is 0 Å². The highest BCUT2D eigenvalue weighted by Gasteiger charge is 2.39. The molecule has 0 N–H and O–H groups in total. The third kappa shape index (κ3) is 2.75. The molecule has 1 aliphatic rings. The summed E-state index contributed by atoms with van der Waals surface area (Å²) in [6.45, 7) is 1.71. The van der Waals surface area contributed by atoms with E-state index in [2.05, 4.69) is 0 Å². The zero-order valence-electron chi connectivity index (χ0n) is 12.5. The summed E-state index contributed by atoms with van der Waals surface area (Å²) >= 11 is 5.91. The van der Waals surface area contributed by atoms with Gasteiger partial charge in [-0.15, -0.1) is 0 Å². The van der Waals surface area contributed by atoms with E-state index in [-0.39, 0.29) is 5.02 Å². The largest absolute Gasteiger partial charge is 0.416 e. The lowest BCUT2D eigenvalue weighted by atomic mass is 10.1. The van der Waals surface area contributed by atoms with Crippen LogP contribution >= 0.6 is 11.6 Å². The lowest BCUT2D eigenvalue weighted by Gasteiger charge is -2.25. The lowest BCUT2D eigenvalue weighted by Crippen LogP contribution is -2.36. The van der Waals surface area contributed by atoms with E-state index in [1.54, 1.807) is 31.2 Å². The number of fused-ring (bicyclic) bond motifs is 1. The number of hydrogen-bond acceptors (Lipinski definition) is 2. The Balaban J connectivity index is 2.16. The molecule has 3 nitrogen and oxygen atoms in total. The summed E-state index contributed by atoms with van der Waals surface area (Å²) in [5, 5.41) is -0.236. The Morgan fingerprint density at radius 1 is 1.17 bits per heavy atom. The first-order chi connectivity index (χ1) is 11.1. The molecule has 0 spiro atoms. The standard InChI is InChI=1S/C16H13ClF3NO2S/c1-10-8-11-4-2-3-5-14(11)21(10)24(22,23)15-9-12(16(18,19)20)6-7-13(15)17/h2-7,9-10H,8H2,1H3/t10-/m1/s1. The average molecular weight is 376 g/mol. The van der Waals surface area contributed by atoms with Gasteiger partial charge >= 0.3 is 6.18 Å². The minimum atomic E-state index is -4.65. The topological polar surface area (TPSA) is 37.4 Å². The maximum absolute atomic E-state index is 13.0. The van der Waals surface area contributed by atoms with Crippen molar-refractivity contribution >= 4 is 27.3 Å². The van der Waals surface area contributed by atoms with E-state index < -0.39 is 32.7 Å². The molecule has 2 aromatic rings. The van der Waals surface area contributed by atoms with Crippen LogP contribution in [0.25, 0.3) is 0 Å². The second kappa shape index (κ2) is 5.67. The first kappa shape index (κ1) is 17.1. The van der Waals surface area contributed by atoms with Gasteiger partial charge in [0, 0.05) is 6.04 Å². The number of anilines is 1. The van der Waals surface area contributed by atoms with Crippen molar-refractivity contribution in [3.05, 3.63) is 58.6 Å². The first-order valence-corrected chi connectivity index (χ1v) is 8.93. The van der Waals surface area contributed by atoms with Crippen LogP contribution < -0.4 is 4.31 Å². The first-order valence-electron chi connectivity index (χ1n) is 7.11. The van der Waals surface area contributed by atoms with Crippen molar-refractivity contribution in [3.63, 3.8) is 0 Å². The predicted molar refractivity (Wildman–Crippen MR) is 85.7 cm³/mol. The number of benzene rings is 2. The second-order valence-corrected chi connectivity index (χ2v) is 7.82. The van der Waals surface area contributed by atoms with Crippen molar-refractivity contribution in [2.24, 2.45) is 0 Å². The minimum Gasteiger partial charge on any atom is -0.263 e. The Labute approximate surface area is 142 Å². The Kier molecular flexibility index (Phi) is 4.04. The molecule has 1 atom stereocenters. The number of alkyl halides is 3. The fraction of sp³-hybridized carbons (Fsp3) is 0.250. The van der Waals surface area contributed by atoms with E-state index in [4.69, 9.17) is 11.6 Å². The molecule has 0 fully saturated rings. The van der Waals surface area contributed by atoms with Crippen molar-refractivity contribution in [1.29, 1.82) is 0 Å². The molecule has 0 saturated carbocycles. The van der Waals surface area contributed by atoms with Gasteiger partial charge in [-0.3, -0.25) is 4.31 Å². The van der Waals surface area contributed by atoms with Crippen LogP contribution in [0.1, 0.15) is 18.1 Å². The van der Waals surface area contributed by atoms with Crippen LogP contribution in [0.15, 0.2) is 47.4 Å². The molecule has 128 valence electrons. The van der Waals surface area contributed by atoms with Crippen molar-refractivity contribution in [2.45, 2.75) is 30.5 Å². The van der Waals surface area contributed by atoms with E-state index in [1.165, 1.54) is 0 Å². The number of hydrogen-bond donors (Lipinski definition) is 0. The van der Waals surface area contributed by atoms with Gasteiger partial charge in [-0.05, 0) is 43.2 Å². The van der Waals surface area contributed by atoms with Gasteiger partial charge in [0.05, 0.1) is 16.3 Å².